The Morgan fingerprint density at radius 3 is 2.80 bits per heavy atom. The van der Waals surface area contributed by atoms with E-state index in [1.54, 1.807) is 12.3 Å². The van der Waals surface area contributed by atoms with Gasteiger partial charge < -0.3 is 5.73 Å². The van der Waals surface area contributed by atoms with Crippen molar-refractivity contribution in [2.24, 2.45) is 0 Å². The van der Waals surface area contributed by atoms with Gasteiger partial charge >= 0.3 is 0 Å². The van der Waals surface area contributed by atoms with Gasteiger partial charge in [0.2, 0.25) is 0 Å². The van der Waals surface area contributed by atoms with Gasteiger partial charge in [0.15, 0.2) is 0 Å². The minimum absolute atomic E-state index is 0.563. The fraction of sp³-hybridized carbons (Fsp3) is 0.125. The van der Waals surface area contributed by atoms with E-state index in [9.17, 15) is 0 Å². The average molecular weight is 134 g/mol. The summed E-state index contributed by atoms with van der Waals surface area (Å²) in [7, 11) is 0. The van der Waals surface area contributed by atoms with Crippen LogP contribution < -0.4 is 5.73 Å². The minimum atomic E-state index is 0.563. The highest BCUT2D eigenvalue weighted by Gasteiger charge is 1.85. The van der Waals surface area contributed by atoms with Gasteiger partial charge in [-0.3, -0.25) is 0 Å². The fourth-order valence-electron chi connectivity index (χ4n) is 0.708. The molecule has 2 N–H and O–H groups in total. The number of hydrogen-bond acceptors (Lipinski definition) is 2. The number of nitrogens with two attached hydrogens (primary N) is 1. The molecule has 0 bridgehead atoms. The van der Waals surface area contributed by atoms with E-state index in [1.807, 2.05) is 25.1 Å². The molecule has 0 spiro atoms. The summed E-state index contributed by atoms with van der Waals surface area (Å²) >= 11 is 0. The van der Waals surface area contributed by atoms with E-state index < -0.39 is 0 Å². The third-order valence-electron chi connectivity index (χ3n) is 1.17. The number of nitrogen functional groups attached to an aromatic ring is 1. The first-order chi connectivity index (χ1) is 4.83. The zero-order chi connectivity index (χ0) is 7.40. The number of anilines is 1. The predicted molar refractivity (Wildman–Crippen MR) is 43.4 cm³/mol. The number of allylic oxidation sites excluding steroid dienone is 1. The van der Waals surface area contributed by atoms with Crippen molar-refractivity contribution < 1.29 is 0 Å². The van der Waals surface area contributed by atoms with Gasteiger partial charge in [0.25, 0.3) is 0 Å². The van der Waals surface area contributed by atoms with Gasteiger partial charge in [-0.2, -0.15) is 0 Å². The van der Waals surface area contributed by atoms with E-state index in [0.29, 0.717) is 5.82 Å². The van der Waals surface area contributed by atoms with E-state index in [1.165, 1.54) is 0 Å². The monoisotopic (exact) mass is 134 g/mol. The average Bonchev–Trinajstić information content (AvgIpc) is 1.95. The molecule has 10 heavy (non-hydrogen) atoms. The molecule has 0 saturated carbocycles. The van der Waals surface area contributed by atoms with Crippen LogP contribution in [0.25, 0.3) is 6.08 Å². The summed E-state index contributed by atoms with van der Waals surface area (Å²) in [5.41, 5.74) is 6.47. The molecule has 2 nitrogen and oxygen atoms in total. The number of hydrogen-bond donors (Lipinski definition) is 1. The lowest BCUT2D eigenvalue weighted by molar-refractivity contribution is 1.32. The SMILES string of the molecule is CC=Cc1ccc(N)nc1. The molecule has 0 unspecified atom stereocenters. The summed E-state index contributed by atoms with van der Waals surface area (Å²) in [5, 5.41) is 0. The summed E-state index contributed by atoms with van der Waals surface area (Å²) in [6.45, 7) is 1.97. The summed E-state index contributed by atoms with van der Waals surface area (Å²) in [4.78, 5) is 3.92. The van der Waals surface area contributed by atoms with Crippen molar-refractivity contribution in [3.63, 3.8) is 0 Å². The highest BCUT2D eigenvalue weighted by molar-refractivity contribution is 5.49. The van der Waals surface area contributed by atoms with Gasteiger partial charge in [0.05, 0.1) is 0 Å². The summed E-state index contributed by atoms with van der Waals surface area (Å²) in [5.74, 6) is 0.563. The van der Waals surface area contributed by atoms with Crippen LogP contribution in [-0.2, 0) is 0 Å². The molecule has 2 heteroatoms. The van der Waals surface area contributed by atoms with Crippen LogP contribution in [0.4, 0.5) is 5.82 Å². The van der Waals surface area contributed by atoms with Crippen molar-refractivity contribution in [2.45, 2.75) is 6.92 Å². The fourth-order valence-corrected chi connectivity index (χ4v) is 0.708. The molecule has 1 aromatic rings. The Hall–Kier alpha value is -1.31. The van der Waals surface area contributed by atoms with E-state index in [0.717, 1.165) is 5.56 Å². The second-order valence-electron chi connectivity index (χ2n) is 2.02. The molecule has 0 aliphatic rings. The molecule has 0 radical (unpaired) electrons. The molecule has 0 amide bonds. The van der Waals surface area contributed by atoms with Gasteiger partial charge in [-0.15, -0.1) is 0 Å². The Labute approximate surface area is 60.4 Å². The van der Waals surface area contributed by atoms with Gasteiger partial charge in [-0.25, -0.2) is 4.98 Å². The van der Waals surface area contributed by atoms with Gasteiger partial charge in [-0.1, -0.05) is 12.2 Å². The molecule has 1 rings (SSSR count). The van der Waals surface area contributed by atoms with Crippen LogP contribution in [0.1, 0.15) is 12.5 Å². The molecule has 1 aromatic heterocycles. The first kappa shape index (κ1) is 6.81. The van der Waals surface area contributed by atoms with E-state index in [-0.39, 0.29) is 0 Å². The lowest BCUT2D eigenvalue weighted by Crippen LogP contribution is -1.87. The molecule has 0 atom stereocenters. The maximum atomic E-state index is 5.39. The van der Waals surface area contributed by atoms with Crippen LogP contribution in [0.5, 0.6) is 0 Å². The molecule has 52 valence electrons. The Kier molecular flexibility index (Phi) is 2.05. The van der Waals surface area contributed by atoms with Crippen molar-refractivity contribution in [3.8, 4) is 0 Å². The van der Waals surface area contributed by atoms with E-state index in [4.69, 9.17) is 5.73 Å². The van der Waals surface area contributed by atoms with Crippen molar-refractivity contribution in [1.82, 2.24) is 4.98 Å². The first-order valence-corrected chi connectivity index (χ1v) is 3.17. The molecule has 1 heterocycles. The minimum Gasteiger partial charge on any atom is -0.384 e. The van der Waals surface area contributed by atoms with Crippen molar-refractivity contribution in [2.75, 3.05) is 5.73 Å². The number of nitrogens with zero attached hydrogens (tertiary/aromatic N) is 1. The normalized spacial score (nSPS) is 10.5. The molecule has 0 fully saturated rings. The molecule has 0 aromatic carbocycles. The highest BCUT2D eigenvalue weighted by atomic mass is 14.8. The second kappa shape index (κ2) is 3.01. The summed E-state index contributed by atoms with van der Waals surface area (Å²) in [6, 6.07) is 3.72. The summed E-state index contributed by atoms with van der Waals surface area (Å²) < 4.78 is 0. The van der Waals surface area contributed by atoms with E-state index in [2.05, 4.69) is 4.98 Å². The van der Waals surface area contributed by atoms with E-state index >= 15 is 0 Å². The van der Waals surface area contributed by atoms with Crippen LogP contribution >= 0.6 is 0 Å². The van der Waals surface area contributed by atoms with Crippen LogP contribution in [-0.4, -0.2) is 4.98 Å². The van der Waals surface area contributed by atoms with Crippen LogP contribution in [0.3, 0.4) is 0 Å². The largest absolute Gasteiger partial charge is 0.384 e. The zero-order valence-corrected chi connectivity index (χ0v) is 5.91. The molecule has 0 aliphatic heterocycles. The predicted octanol–water partition coefficient (Wildman–Crippen LogP) is 1.70. The third kappa shape index (κ3) is 1.58. The Bertz CT molecular complexity index is 224. The number of aromatic nitrogens is 1. The van der Waals surface area contributed by atoms with Gasteiger partial charge in [0.1, 0.15) is 5.82 Å². The lowest BCUT2D eigenvalue weighted by Gasteiger charge is -1.91. The quantitative estimate of drug-likeness (QED) is 0.634. The molecular formula is C8H10N2. The number of rotatable bonds is 1. The van der Waals surface area contributed by atoms with Gasteiger partial charge in [-0.05, 0) is 24.6 Å². The second-order valence-corrected chi connectivity index (χ2v) is 2.02. The van der Waals surface area contributed by atoms with Crippen LogP contribution in [0, 0.1) is 0 Å². The lowest BCUT2D eigenvalue weighted by atomic mass is 10.2. The zero-order valence-electron chi connectivity index (χ0n) is 5.91. The van der Waals surface area contributed by atoms with Crippen molar-refractivity contribution >= 4 is 11.9 Å². The Morgan fingerprint density at radius 2 is 2.30 bits per heavy atom. The van der Waals surface area contributed by atoms with Crippen LogP contribution in [0.15, 0.2) is 24.4 Å². The smallest absolute Gasteiger partial charge is 0.123 e. The highest BCUT2D eigenvalue weighted by Crippen LogP contribution is 2.02. The van der Waals surface area contributed by atoms with Crippen molar-refractivity contribution in [3.05, 3.63) is 30.0 Å². The van der Waals surface area contributed by atoms with Crippen LogP contribution in [0.2, 0.25) is 0 Å². The topological polar surface area (TPSA) is 38.9 Å². The van der Waals surface area contributed by atoms with Gasteiger partial charge in [0, 0.05) is 6.20 Å². The summed E-state index contributed by atoms with van der Waals surface area (Å²) in [6.07, 6.45) is 5.69. The third-order valence-corrected chi connectivity index (χ3v) is 1.17. The molecule has 0 aliphatic carbocycles. The Balaban J connectivity index is 2.89. The maximum absolute atomic E-state index is 5.39. The van der Waals surface area contributed by atoms with Crippen molar-refractivity contribution in [1.29, 1.82) is 0 Å². The molecular weight excluding hydrogens is 124 g/mol. The molecule has 0 saturated heterocycles. The first-order valence-electron chi connectivity index (χ1n) is 3.17. The Morgan fingerprint density at radius 1 is 1.50 bits per heavy atom. The standard InChI is InChI=1S/C8H10N2/c1-2-3-7-4-5-8(9)10-6-7/h2-6H,1H3,(H2,9,10). The number of pyridine rings is 1. The maximum Gasteiger partial charge on any atom is 0.123 e.